The smallest absolute Gasteiger partial charge is 0.338 e. The Hall–Kier alpha value is -9.77. The number of nitrogens with zero attached hydrogens (tertiary/aromatic N) is 4. The molecule has 0 aliphatic heterocycles. The maximum Gasteiger partial charge on any atom is 0.338 e. The minimum Gasteiger partial charge on any atom is -0.459 e. The number of hydrogen-bond donors (Lipinski definition) is 5. The van der Waals surface area contributed by atoms with E-state index in [9.17, 15) is 29.1 Å². The topological polar surface area (TPSA) is 245 Å². The highest BCUT2D eigenvalue weighted by molar-refractivity contribution is 9.11. The highest BCUT2D eigenvalue weighted by Crippen LogP contribution is 2.39. The van der Waals surface area contributed by atoms with Gasteiger partial charge < -0.3 is 52.9 Å². The number of aliphatic hydroxyl groups is 1. The summed E-state index contributed by atoms with van der Waals surface area (Å²) in [7, 11) is 8.22. The first-order chi connectivity index (χ1) is 62.5. The number of hydrogen-bond acceptors (Lipinski definition) is 15. The van der Waals surface area contributed by atoms with Crippen LogP contribution in [0, 0.1) is 0 Å². The fraction of sp³-hybridized carbons (Fsp3) is 0.288. The number of ether oxygens (including phenoxy) is 5. The van der Waals surface area contributed by atoms with Crippen LogP contribution in [0.4, 0.5) is 11.4 Å². The number of aliphatic hydroxyl groups excluding tert-OH is 1. The Morgan fingerprint density at radius 2 is 0.715 bits per heavy atom. The second kappa shape index (κ2) is 47.0. The molecule has 14 aromatic rings. The highest BCUT2D eigenvalue weighted by atomic mass is 79.9. The van der Waals surface area contributed by atoms with E-state index in [1.165, 1.54) is 83.1 Å². The molecule has 20 rings (SSSR count). The van der Waals surface area contributed by atoms with Crippen LogP contribution in [-0.4, -0.2) is 103 Å². The summed E-state index contributed by atoms with van der Waals surface area (Å²) in [4.78, 5) is 62.8. The van der Waals surface area contributed by atoms with Gasteiger partial charge in [-0.05, 0) is 282 Å². The number of carbonyl (C=O) groups is 5. The molecule has 4 atom stereocenters. The molecule has 2 saturated carbocycles. The van der Waals surface area contributed by atoms with Crippen molar-refractivity contribution in [3.8, 4) is 0 Å². The van der Waals surface area contributed by atoms with E-state index in [1.807, 2.05) is 122 Å². The summed E-state index contributed by atoms with van der Waals surface area (Å²) >= 11 is 20.9. The molecule has 2 fully saturated rings. The summed E-state index contributed by atoms with van der Waals surface area (Å²) in [6, 6.07) is 77.5. The molecule has 4 unspecified atom stereocenters. The van der Waals surface area contributed by atoms with Crippen LogP contribution < -0.4 is 16.7 Å². The number of aromatic amines is 1. The molecule has 10 aromatic carbocycles. The van der Waals surface area contributed by atoms with Crippen molar-refractivity contribution in [3.63, 3.8) is 0 Å². The Kier molecular flexibility index (Phi) is 35.4. The molecule has 19 nitrogen and oxygen atoms in total. The number of ketones is 1. The molecular weight excluding hydrogens is 2050 g/mol. The van der Waals surface area contributed by atoms with Crippen LogP contribution in [0.15, 0.2) is 275 Å². The van der Waals surface area contributed by atoms with Gasteiger partial charge in [-0.1, -0.05) is 168 Å². The number of Topliss-reactive ketones (excluding diaryl/α,β-unsaturated/α-hetero) is 1. The predicted octanol–water partition coefficient (Wildman–Crippen LogP) is 25.1. The standard InChI is InChI=1S/C20H18BrNO2.C19H19BrN2O2.C19H16BrNO2.C14H16BrNO.C13H14BrNO.C13H14O3.C6H7BrN2.ClH/c1-22-18-9-7-14(21)11-16(18)17-12-15(8-10-19(17)22)24-20(23)13-5-3-2-4-6-13;20-15-6-8-16(9-7-15)21-22-17-10-12-18(13-11-17)24-19(23)14-4-2-1-3-5-14;20-13-6-8-17-15(10-13)16-11-14(7-9-18(16)21-17)23-19(22)12-4-2-1-3-5-12;1-16-13-5-3-9(15)7-11(13)12-8-10(17-2)4-6-14(12)16;1-15-12-4-2-8(14)6-10(12)11-7-9(16)3-5-13(11)15;14-11-6-8-12(9-7-11)16-13(15)10-4-2-1-3-5-10;7-5-1-3-6(9-8)4-2-5;/h2-7,9,11,15H,8,10,12H2,1H3;1-9,18,21H,10-13H2;1-6,8,10,14,21H,7,9,11H2;3,5,7,10H,4,6,8H2,1-2H3;2,4,6,9,16H,3,5,7H2,1H3;1-5,12H,6-9H2;1-4,9H,8H2;1H. The number of nitrogens with two attached hydrogens (primary N) is 1. The van der Waals surface area contributed by atoms with Gasteiger partial charge >= 0.3 is 23.9 Å². The monoisotopic (exact) mass is 2150 g/mol. The molecule has 130 heavy (non-hydrogen) atoms. The van der Waals surface area contributed by atoms with Gasteiger partial charge in [-0.25, -0.2) is 19.2 Å². The van der Waals surface area contributed by atoms with Gasteiger partial charge in [0.15, 0.2) is 0 Å². The van der Waals surface area contributed by atoms with Gasteiger partial charge in [0.05, 0.1) is 40.1 Å². The molecule has 0 saturated heterocycles. The van der Waals surface area contributed by atoms with Gasteiger partial charge in [-0.2, -0.15) is 5.10 Å². The molecule has 6 N–H and O–H groups in total. The summed E-state index contributed by atoms with van der Waals surface area (Å²) in [5, 5.41) is 19.4. The number of anilines is 2. The number of fused-ring (bicyclic) bond motifs is 12. The van der Waals surface area contributed by atoms with Gasteiger partial charge in [0, 0.05) is 171 Å². The van der Waals surface area contributed by atoms with Crippen LogP contribution >= 0.6 is 108 Å². The molecule has 6 aliphatic rings. The Labute approximate surface area is 814 Å². The van der Waals surface area contributed by atoms with Crippen LogP contribution in [0.1, 0.15) is 164 Å². The number of aromatic nitrogens is 4. The molecule has 26 heteroatoms. The third-order valence-corrected chi connectivity index (χ3v) is 27.4. The molecule has 0 bridgehead atoms. The lowest BCUT2D eigenvalue weighted by molar-refractivity contribution is -0.122. The number of carbonyl (C=O) groups excluding carboxylic acids is 5. The molecule has 676 valence electrons. The number of methoxy groups -OCH3 is 1. The maximum absolute atomic E-state index is 12.3. The van der Waals surface area contributed by atoms with Crippen molar-refractivity contribution >= 4 is 198 Å². The molecule has 4 heterocycles. The lowest BCUT2D eigenvalue weighted by Crippen LogP contribution is -2.26. The maximum atomic E-state index is 12.3. The predicted molar refractivity (Wildman–Crippen MR) is 542 cm³/mol. The van der Waals surface area contributed by atoms with E-state index < -0.39 is 0 Å². The number of halogens is 7. The van der Waals surface area contributed by atoms with Crippen LogP contribution in [0.25, 0.3) is 43.6 Å². The number of nitrogens with one attached hydrogen (secondary N) is 3. The van der Waals surface area contributed by atoms with Crippen LogP contribution in [0.5, 0.6) is 0 Å². The zero-order valence-electron chi connectivity index (χ0n) is 72.8. The average Bonchev–Trinajstić information content (AvgIpc) is 1.64. The average molecular weight is 2160 g/mol. The lowest BCUT2D eigenvalue weighted by atomic mass is 9.93. The SMILES string of the molecule is COC1CCc2c(c3cc(Br)ccc3n2C)C1.Cl.Cn1c2c(c3cc(Br)ccc31)CC(O)CC2.Cn1c2c(c3cc(Br)ccc31)CC(OC(=O)c1ccccc1)CC2.NNc1ccc(Br)cc1.O=C(OC1CCC(=NNc2ccc(Br)cc2)CC1)c1ccccc1.O=C(OC1CCc2[nH]c3ccc(Br)cc3c2C1)c1ccccc1.O=C1CCC(OC(=O)c2ccccc2)CC1. The second-order valence-corrected chi connectivity index (χ2v) is 38.4. The number of hydrazone groups is 1. The van der Waals surface area contributed by atoms with Crippen LogP contribution in [0.2, 0.25) is 0 Å². The first-order valence-electron chi connectivity index (χ1n) is 43.6. The third kappa shape index (κ3) is 25.7. The number of nitrogen functional groups attached to an aromatic ring is 1. The van der Waals surface area contributed by atoms with Crippen molar-refractivity contribution in [1.82, 2.24) is 18.7 Å². The van der Waals surface area contributed by atoms with Crippen molar-refractivity contribution in [1.29, 1.82) is 0 Å². The Morgan fingerprint density at radius 1 is 0.385 bits per heavy atom. The summed E-state index contributed by atoms with van der Waals surface area (Å²) in [5.41, 5.74) is 26.9. The van der Waals surface area contributed by atoms with Crippen molar-refractivity contribution in [2.45, 2.75) is 165 Å². The first kappa shape index (κ1) is 97.8. The normalized spacial score (nSPS) is 17.1. The number of rotatable bonds is 12. The molecule has 0 amide bonds. The third-order valence-electron chi connectivity index (χ3n) is 24.4. The first-order valence-corrected chi connectivity index (χ1v) is 48.4. The Bertz CT molecular complexity index is 6250. The quantitative estimate of drug-likeness (QED) is 0.0331. The van der Waals surface area contributed by atoms with Crippen molar-refractivity contribution < 1.29 is 52.8 Å². The van der Waals surface area contributed by atoms with E-state index in [4.69, 9.17) is 29.5 Å². The van der Waals surface area contributed by atoms with Crippen molar-refractivity contribution in [2.24, 2.45) is 32.1 Å². The number of esters is 4. The van der Waals surface area contributed by atoms with E-state index in [1.54, 1.807) is 60.7 Å². The molecule has 0 spiro atoms. The molecular formula is C104H105Br6ClN8O11. The van der Waals surface area contributed by atoms with Crippen molar-refractivity contribution in [2.75, 3.05) is 18.0 Å². The fourth-order valence-electron chi connectivity index (χ4n) is 17.5. The number of hydrazine groups is 1. The van der Waals surface area contributed by atoms with Crippen LogP contribution in [0.3, 0.4) is 0 Å². The second-order valence-electron chi connectivity index (χ2n) is 32.9. The Balaban J connectivity index is 0.000000131. The number of aryl methyl sites for hydroxylation is 4. The summed E-state index contributed by atoms with van der Waals surface area (Å²) < 4.78 is 41.3. The largest absolute Gasteiger partial charge is 0.459 e. The van der Waals surface area contributed by atoms with Crippen molar-refractivity contribution in [3.05, 3.63) is 337 Å². The van der Waals surface area contributed by atoms with Gasteiger partial charge in [-0.3, -0.25) is 16.1 Å². The molecule has 6 aliphatic carbocycles. The number of benzene rings is 10. The van der Waals surface area contributed by atoms with E-state index in [2.05, 4.69) is 218 Å². The molecule has 4 aromatic heterocycles. The van der Waals surface area contributed by atoms with E-state index in [0.717, 1.165) is 152 Å². The van der Waals surface area contributed by atoms with E-state index >= 15 is 0 Å². The van der Waals surface area contributed by atoms with Gasteiger partial charge in [0.25, 0.3) is 0 Å². The Morgan fingerprint density at radius 3 is 1.13 bits per heavy atom. The lowest BCUT2D eigenvalue weighted by Gasteiger charge is -2.23. The van der Waals surface area contributed by atoms with Gasteiger partial charge in [-0.15, -0.1) is 12.4 Å². The van der Waals surface area contributed by atoms with Gasteiger partial charge in [0.1, 0.15) is 30.2 Å². The summed E-state index contributed by atoms with van der Waals surface area (Å²) in [6.45, 7) is 0. The zero-order chi connectivity index (χ0) is 90.6. The van der Waals surface area contributed by atoms with Gasteiger partial charge in [0.2, 0.25) is 0 Å². The summed E-state index contributed by atoms with van der Waals surface area (Å²) in [6.07, 6.45) is 16.8. The fourth-order valence-corrected chi connectivity index (χ4v) is 19.5. The minimum absolute atomic E-state index is 0. The van der Waals surface area contributed by atoms with E-state index in [0.29, 0.717) is 54.0 Å². The highest BCUT2D eigenvalue weighted by Gasteiger charge is 2.31. The number of H-pyrrole nitrogens is 1. The van der Waals surface area contributed by atoms with Crippen LogP contribution in [-0.2, 0) is 101 Å². The zero-order valence-corrected chi connectivity index (χ0v) is 83.1. The van der Waals surface area contributed by atoms with E-state index in [-0.39, 0.29) is 72.6 Å². The summed E-state index contributed by atoms with van der Waals surface area (Å²) in [5.74, 6) is 4.40. The molecule has 0 radical (unpaired) electrons. The minimum atomic E-state index is -0.292.